The molecule has 0 bridgehead atoms. The largest absolute Gasteiger partial charge is 0.468 e. The number of ether oxygens (including phenoxy) is 1. The van der Waals surface area contributed by atoms with E-state index in [4.69, 9.17) is 4.74 Å². The molecule has 4 nitrogen and oxygen atoms in total. The van der Waals surface area contributed by atoms with Crippen molar-refractivity contribution in [2.24, 2.45) is 11.8 Å². The van der Waals surface area contributed by atoms with Crippen molar-refractivity contribution in [1.82, 2.24) is 10.2 Å². The molecule has 21 heavy (non-hydrogen) atoms. The van der Waals surface area contributed by atoms with E-state index in [9.17, 15) is 4.79 Å². The molecule has 0 fully saturated rings. The van der Waals surface area contributed by atoms with Crippen LogP contribution in [0.4, 0.5) is 0 Å². The average molecular weight is 300 g/mol. The van der Waals surface area contributed by atoms with Gasteiger partial charge in [0.25, 0.3) is 0 Å². The second-order valence-corrected chi connectivity index (χ2v) is 7.42. The van der Waals surface area contributed by atoms with Gasteiger partial charge in [0.15, 0.2) is 0 Å². The van der Waals surface area contributed by atoms with Gasteiger partial charge in [-0.25, -0.2) is 0 Å². The lowest BCUT2D eigenvalue weighted by Crippen LogP contribution is -2.54. The van der Waals surface area contributed by atoms with Crippen LogP contribution in [0.5, 0.6) is 0 Å². The zero-order valence-corrected chi connectivity index (χ0v) is 15.3. The van der Waals surface area contributed by atoms with E-state index in [2.05, 4.69) is 51.8 Å². The number of nitrogens with one attached hydrogen (secondary N) is 1. The lowest BCUT2D eigenvalue weighted by Gasteiger charge is -2.34. The lowest BCUT2D eigenvalue weighted by atomic mass is 9.96. The standard InChI is InChI=1S/C17H36N2O2/c1-13(2)11-19(12-14(3)4)10-9-17(7,16(20)21-8)18-15(5)6/h13-15,18H,9-12H2,1-8H3. The molecule has 0 aromatic heterocycles. The van der Waals surface area contributed by atoms with Crippen LogP contribution in [0.25, 0.3) is 0 Å². The third kappa shape index (κ3) is 8.42. The fourth-order valence-corrected chi connectivity index (χ4v) is 2.77. The molecule has 1 unspecified atom stereocenters. The summed E-state index contributed by atoms with van der Waals surface area (Å²) in [6, 6.07) is 0.248. The summed E-state index contributed by atoms with van der Waals surface area (Å²) in [6.07, 6.45) is 0.761. The minimum atomic E-state index is -0.616. The molecule has 0 radical (unpaired) electrons. The number of methoxy groups -OCH3 is 1. The summed E-state index contributed by atoms with van der Waals surface area (Å²) < 4.78 is 4.99. The van der Waals surface area contributed by atoms with Gasteiger partial charge in [0.2, 0.25) is 0 Å². The molecule has 0 spiro atoms. The van der Waals surface area contributed by atoms with Crippen molar-refractivity contribution in [2.75, 3.05) is 26.7 Å². The number of rotatable bonds is 10. The Labute approximate surface area is 131 Å². The van der Waals surface area contributed by atoms with Crippen LogP contribution in [-0.4, -0.2) is 49.2 Å². The molecular weight excluding hydrogens is 264 g/mol. The molecule has 1 atom stereocenters. The summed E-state index contributed by atoms with van der Waals surface area (Å²) in [5.74, 6) is 1.09. The SMILES string of the molecule is COC(=O)C(C)(CCN(CC(C)C)CC(C)C)NC(C)C. The Morgan fingerprint density at radius 3 is 1.90 bits per heavy atom. The van der Waals surface area contributed by atoms with Gasteiger partial charge in [0.05, 0.1) is 7.11 Å². The maximum Gasteiger partial charge on any atom is 0.325 e. The third-order valence-electron chi connectivity index (χ3n) is 3.42. The Morgan fingerprint density at radius 1 is 1.10 bits per heavy atom. The van der Waals surface area contributed by atoms with Gasteiger partial charge in [-0.2, -0.15) is 0 Å². The highest BCUT2D eigenvalue weighted by molar-refractivity contribution is 5.80. The van der Waals surface area contributed by atoms with E-state index in [1.165, 1.54) is 7.11 Å². The molecule has 1 N–H and O–H groups in total. The molecule has 0 heterocycles. The highest BCUT2D eigenvalue weighted by Crippen LogP contribution is 2.16. The monoisotopic (exact) mass is 300 g/mol. The van der Waals surface area contributed by atoms with Gasteiger partial charge in [-0.05, 0) is 39.0 Å². The third-order valence-corrected chi connectivity index (χ3v) is 3.42. The van der Waals surface area contributed by atoms with Crippen molar-refractivity contribution in [3.63, 3.8) is 0 Å². The normalized spacial score (nSPS) is 15.0. The van der Waals surface area contributed by atoms with Gasteiger partial charge < -0.3 is 9.64 Å². The van der Waals surface area contributed by atoms with Gasteiger partial charge in [-0.3, -0.25) is 10.1 Å². The van der Waals surface area contributed by atoms with Gasteiger partial charge in [0, 0.05) is 25.7 Å². The van der Waals surface area contributed by atoms with E-state index in [1.807, 2.05) is 6.92 Å². The summed E-state index contributed by atoms with van der Waals surface area (Å²) in [6.45, 7) is 18.0. The van der Waals surface area contributed by atoms with E-state index in [-0.39, 0.29) is 12.0 Å². The number of hydrogen-bond donors (Lipinski definition) is 1. The highest BCUT2D eigenvalue weighted by Gasteiger charge is 2.34. The van der Waals surface area contributed by atoms with E-state index in [0.29, 0.717) is 11.8 Å². The number of hydrogen-bond acceptors (Lipinski definition) is 4. The van der Waals surface area contributed by atoms with Crippen LogP contribution in [0, 0.1) is 11.8 Å². The Hall–Kier alpha value is -0.610. The molecule has 0 aliphatic rings. The first kappa shape index (κ1) is 20.4. The number of esters is 1. The van der Waals surface area contributed by atoms with E-state index in [1.54, 1.807) is 0 Å². The predicted octanol–water partition coefficient (Wildman–Crippen LogP) is 2.92. The molecule has 0 aromatic carbocycles. The average Bonchev–Trinajstić information content (AvgIpc) is 2.32. The van der Waals surface area contributed by atoms with Crippen molar-refractivity contribution in [1.29, 1.82) is 0 Å². The lowest BCUT2D eigenvalue weighted by molar-refractivity contribution is -0.148. The molecule has 126 valence electrons. The van der Waals surface area contributed by atoms with Crippen LogP contribution < -0.4 is 5.32 Å². The van der Waals surface area contributed by atoms with Crippen LogP contribution in [0.3, 0.4) is 0 Å². The van der Waals surface area contributed by atoms with Crippen LogP contribution in [0.15, 0.2) is 0 Å². The Balaban J connectivity index is 4.77. The number of nitrogens with zero attached hydrogens (tertiary/aromatic N) is 1. The first-order chi connectivity index (χ1) is 9.60. The van der Waals surface area contributed by atoms with Gasteiger partial charge in [-0.1, -0.05) is 27.7 Å². The molecule has 0 saturated heterocycles. The molecule has 0 aliphatic carbocycles. The van der Waals surface area contributed by atoms with Crippen molar-refractivity contribution < 1.29 is 9.53 Å². The van der Waals surface area contributed by atoms with Gasteiger partial charge >= 0.3 is 5.97 Å². The van der Waals surface area contributed by atoms with Crippen LogP contribution in [-0.2, 0) is 9.53 Å². The fraction of sp³-hybridized carbons (Fsp3) is 0.941. The minimum absolute atomic E-state index is 0.176. The van der Waals surface area contributed by atoms with E-state index in [0.717, 1.165) is 26.1 Å². The Bertz CT molecular complexity index is 293. The van der Waals surface area contributed by atoms with Crippen molar-refractivity contribution >= 4 is 5.97 Å². The van der Waals surface area contributed by atoms with E-state index >= 15 is 0 Å². The number of carbonyl (C=O) groups excluding carboxylic acids is 1. The van der Waals surface area contributed by atoms with Crippen LogP contribution in [0.2, 0.25) is 0 Å². The first-order valence-electron chi connectivity index (χ1n) is 8.19. The fourth-order valence-electron chi connectivity index (χ4n) is 2.77. The van der Waals surface area contributed by atoms with Gasteiger partial charge in [0.1, 0.15) is 5.54 Å². The van der Waals surface area contributed by atoms with Crippen molar-refractivity contribution in [3.8, 4) is 0 Å². The topological polar surface area (TPSA) is 41.6 Å². The summed E-state index contributed by atoms with van der Waals surface area (Å²) >= 11 is 0. The quantitative estimate of drug-likeness (QED) is 0.630. The summed E-state index contributed by atoms with van der Waals surface area (Å²) in [4.78, 5) is 14.6. The van der Waals surface area contributed by atoms with E-state index < -0.39 is 5.54 Å². The maximum absolute atomic E-state index is 12.1. The second kappa shape index (κ2) is 9.42. The molecule has 4 heteroatoms. The molecule has 0 amide bonds. The minimum Gasteiger partial charge on any atom is -0.468 e. The molecule has 0 aliphatic heterocycles. The Morgan fingerprint density at radius 2 is 1.57 bits per heavy atom. The smallest absolute Gasteiger partial charge is 0.325 e. The van der Waals surface area contributed by atoms with Crippen LogP contribution in [0.1, 0.15) is 54.9 Å². The summed E-state index contributed by atoms with van der Waals surface area (Å²) in [7, 11) is 1.46. The van der Waals surface area contributed by atoms with Gasteiger partial charge in [-0.15, -0.1) is 0 Å². The molecule has 0 aromatic rings. The predicted molar refractivity (Wildman–Crippen MR) is 89.4 cm³/mol. The van der Waals surface area contributed by atoms with Crippen LogP contribution >= 0.6 is 0 Å². The van der Waals surface area contributed by atoms with Crippen molar-refractivity contribution in [3.05, 3.63) is 0 Å². The Kier molecular flexibility index (Phi) is 9.14. The molecular formula is C17H36N2O2. The first-order valence-corrected chi connectivity index (χ1v) is 8.19. The summed E-state index contributed by atoms with van der Waals surface area (Å²) in [5.41, 5.74) is -0.616. The second-order valence-electron chi connectivity index (χ2n) is 7.42. The zero-order chi connectivity index (χ0) is 16.6. The van der Waals surface area contributed by atoms with Crippen molar-refractivity contribution in [2.45, 2.75) is 66.5 Å². The highest BCUT2D eigenvalue weighted by atomic mass is 16.5. The summed E-state index contributed by atoms with van der Waals surface area (Å²) in [5, 5.41) is 3.37. The maximum atomic E-state index is 12.1. The zero-order valence-electron chi connectivity index (χ0n) is 15.3. The molecule has 0 saturated carbocycles. The molecule has 0 rings (SSSR count). The number of carbonyl (C=O) groups is 1.